The van der Waals surface area contributed by atoms with Crippen molar-refractivity contribution >= 4 is 0 Å². The molecule has 0 spiro atoms. The molecule has 70 valence electrons. The molecule has 1 unspecified atom stereocenters. The molecule has 2 rings (SSSR count). The van der Waals surface area contributed by atoms with E-state index in [0.29, 0.717) is 11.1 Å². The molecular weight excluding hydrogens is 169 g/mol. The van der Waals surface area contributed by atoms with Crippen LogP contribution in [0.25, 0.3) is 0 Å². The van der Waals surface area contributed by atoms with Crippen molar-refractivity contribution in [2.24, 2.45) is 0 Å². The molecule has 2 N–H and O–H groups in total. The zero-order valence-corrected chi connectivity index (χ0v) is 7.26. The predicted molar refractivity (Wildman–Crippen MR) is 47.7 cm³/mol. The summed E-state index contributed by atoms with van der Waals surface area (Å²) < 4.78 is 13.4. The fourth-order valence-corrected chi connectivity index (χ4v) is 1.51. The van der Waals surface area contributed by atoms with Crippen LogP contribution in [0.15, 0.2) is 18.2 Å². The second-order valence-electron chi connectivity index (χ2n) is 3.31. The van der Waals surface area contributed by atoms with E-state index in [1.54, 1.807) is 12.1 Å². The molecule has 1 saturated heterocycles. The van der Waals surface area contributed by atoms with E-state index in [1.807, 2.05) is 0 Å². The highest BCUT2D eigenvalue weighted by atomic mass is 19.1. The third kappa shape index (κ3) is 1.57. The smallest absolute Gasteiger partial charge is 0.128 e. The Hall–Kier alpha value is -0.930. The highest BCUT2D eigenvalue weighted by Crippen LogP contribution is 2.25. The first-order chi connectivity index (χ1) is 6.31. The summed E-state index contributed by atoms with van der Waals surface area (Å²) in [5, 5.41) is 11.9. The fraction of sp³-hybridized carbons (Fsp3) is 0.400. The summed E-state index contributed by atoms with van der Waals surface area (Å²) in [7, 11) is 0. The van der Waals surface area contributed by atoms with E-state index in [0.717, 1.165) is 13.0 Å². The molecule has 1 aliphatic rings. The maximum Gasteiger partial charge on any atom is 0.128 e. The topological polar surface area (TPSA) is 32.3 Å². The molecule has 1 heterocycles. The third-order valence-corrected chi connectivity index (χ3v) is 2.45. The summed E-state index contributed by atoms with van der Waals surface area (Å²) in [6, 6.07) is 5.08. The van der Waals surface area contributed by atoms with Gasteiger partial charge in [0.2, 0.25) is 0 Å². The van der Waals surface area contributed by atoms with Gasteiger partial charge in [-0.05, 0) is 24.6 Å². The number of benzene rings is 1. The normalized spacial score (nSPS) is 21.2. The molecule has 1 atom stereocenters. The number of aliphatic hydroxyl groups is 1. The van der Waals surface area contributed by atoms with Gasteiger partial charge in [0, 0.05) is 11.6 Å². The second kappa shape index (κ2) is 3.44. The van der Waals surface area contributed by atoms with E-state index < -0.39 is 0 Å². The summed E-state index contributed by atoms with van der Waals surface area (Å²) in [5.41, 5.74) is 1.34. The van der Waals surface area contributed by atoms with Crippen LogP contribution in [0.4, 0.5) is 4.39 Å². The molecule has 0 saturated carbocycles. The van der Waals surface area contributed by atoms with Crippen LogP contribution >= 0.6 is 0 Å². The van der Waals surface area contributed by atoms with Gasteiger partial charge in [-0.15, -0.1) is 0 Å². The van der Waals surface area contributed by atoms with Crippen molar-refractivity contribution < 1.29 is 9.50 Å². The number of nitrogens with one attached hydrogen (secondary N) is 1. The highest BCUT2D eigenvalue weighted by Gasteiger charge is 2.21. The minimum Gasteiger partial charge on any atom is -0.392 e. The fourth-order valence-electron chi connectivity index (χ4n) is 1.51. The van der Waals surface area contributed by atoms with Gasteiger partial charge >= 0.3 is 0 Å². The maximum absolute atomic E-state index is 13.4. The summed E-state index contributed by atoms with van der Waals surface area (Å²) >= 11 is 0. The monoisotopic (exact) mass is 181 g/mol. The van der Waals surface area contributed by atoms with Gasteiger partial charge in [-0.2, -0.15) is 0 Å². The Balaban J connectivity index is 2.26. The van der Waals surface area contributed by atoms with E-state index >= 15 is 0 Å². The van der Waals surface area contributed by atoms with E-state index in [-0.39, 0.29) is 18.5 Å². The van der Waals surface area contributed by atoms with E-state index in [2.05, 4.69) is 5.32 Å². The first-order valence-electron chi connectivity index (χ1n) is 4.44. The van der Waals surface area contributed by atoms with Crippen LogP contribution in [0.5, 0.6) is 0 Å². The van der Waals surface area contributed by atoms with E-state index in [9.17, 15) is 4.39 Å². The second-order valence-corrected chi connectivity index (χ2v) is 3.31. The van der Waals surface area contributed by atoms with Crippen molar-refractivity contribution in [1.82, 2.24) is 5.32 Å². The standard InChI is InChI=1S/C10H12FNO/c11-9-5-7(6-13)1-2-8(9)10-3-4-12-10/h1-2,5,10,12-13H,3-4,6H2. The molecule has 1 aliphatic heterocycles. The lowest BCUT2D eigenvalue weighted by Crippen LogP contribution is -2.35. The van der Waals surface area contributed by atoms with Gasteiger partial charge < -0.3 is 10.4 Å². The van der Waals surface area contributed by atoms with Crippen molar-refractivity contribution in [2.75, 3.05) is 6.54 Å². The van der Waals surface area contributed by atoms with Crippen LogP contribution < -0.4 is 5.32 Å². The molecule has 13 heavy (non-hydrogen) atoms. The Bertz CT molecular complexity index is 310. The average Bonchev–Trinajstić information content (AvgIpc) is 2.05. The number of hydrogen-bond donors (Lipinski definition) is 2. The predicted octanol–water partition coefficient (Wildman–Crippen LogP) is 1.35. The maximum atomic E-state index is 13.4. The number of halogens is 1. The number of hydrogen-bond acceptors (Lipinski definition) is 2. The van der Waals surface area contributed by atoms with E-state index in [1.165, 1.54) is 6.07 Å². The van der Waals surface area contributed by atoms with Crippen LogP contribution in [0.3, 0.4) is 0 Å². The van der Waals surface area contributed by atoms with Crippen molar-refractivity contribution in [1.29, 1.82) is 0 Å². The van der Waals surface area contributed by atoms with Gasteiger partial charge in [0.1, 0.15) is 5.82 Å². The molecule has 0 aromatic heterocycles. The largest absolute Gasteiger partial charge is 0.392 e. The van der Waals surface area contributed by atoms with Crippen LogP contribution in [0, 0.1) is 5.82 Å². The van der Waals surface area contributed by atoms with Gasteiger partial charge in [0.05, 0.1) is 6.61 Å². The van der Waals surface area contributed by atoms with E-state index in [4.69, 9.17) is 5.11 Å². The lowest BCUT2D eigenvalue weighted by Gasteiger charge is -2.28. The van der Waals surface area contributed by atoms with Crippen LogP contribution in [-0.4, -0.2) is 11.7 Å². The molecule has 0 amide bonds. The van der Waals surface area contributed by atoms with Gasteiger partial charge in [-0.3, -0.25) is 0 Å². The summed E-state index contributed by atoms with van der Waals surface area (Å²) in [4.78, 5) is 0. The van der Waals surface area contributed by atoms with Crippen LogP contribution in [-0.2, 0) is 6.61 Å². The molecule has 3 heteroatoms. The first kappa shape index (κ1) is 8.66. The summed E-state index contributed by atoms with van der Waals surface area (Å²) in [5.74, 6) is -0.219. The van der Waals surface area contributed by atoms with Crippen molar-refractivity contribution in [3.8, 4) is 0 Å². The Labute approximate surface area is 76.4 Å². The number of rotatable bonds is 2. The lowest BCUT2D eigenvalue weighted by molar-refractivity contribution is 0.281. The average molecular weight is 181 g/mol. The van der Waals surface area contributed by atoms with Crippen molar-refractivity contribution in [3.63, 3.8) is 0 Å². The molecule has 1 aromatic rings. The first-order valence-corrected chi connectivity index (χ1v) is 4.44. The van der Waals surface area contributed by atoms with Crippen molar-refractivity contribution in [2.45, 2.75) is 19.1 Å². The third-order valence-electron chi connectivity index (χ3n) is 2.45. The zero-order valence-electron chi connectivity index (χ0n) is 7.26. The molecule has 1 aromatic carbocycles. The van der Waals surface area contributed by atoms with Crippen LogP contribution in [0.1, 0.15) is 23.6 Å². The Morgan fingerprint density at radius 2 is 2.31 bits per heavy atom. The Morgan fingerprint density at radius 1 is 1.54 bits per heavy atom. The quantitative estimate of drug-likeness (QED) is 0.721. The lowest BCUT2D eigenvalue weighted by atomic mass is 9.96. The molecule has 0 radical (unpaired) electrons. The molecule has 0 bridgehead atoms. The molecule has 0 aliphatic carbocycles. The van der Waals surface area contributed by atoms with Gasteiger partial charge in [-0.1, -0.05) is 12.1 Å². The molecule has 2 nitrogen and oxygen atoms in total. The van der Waals surface area contributed by atoms with Crippen LogP contribution in [0.2, 0.25) is 0 Å². The zero-order chi connectivity index (χ0) is 9.26. The summed E-state index contributed by atoms with van der Waals surface area (Å²) in [6.07, 6.45) is 0.995. The van der Waals surface area contributed by atoms with Crippen molar-refractivity contribution in [3.05, 3.63) is 35.1 Å². The van der Waals surface area contributed by atoms with Gasteiger partial charge in [-0.25, -0.2) is 4.39 Å². The summed E-state index contributed by atoms with van der Waals surface area (Å²) in [6.45, 7) is 0.862. The highest BCUT2D eigenvalue weighted by molar-refractivity contribution is 5.27. The molecule has 1 fully saturated rings. The Morgan fingerprint density at radius 3 is 2.77 bits per heavy atom. The minimum absolute atomic E-state index is 0.102. The van der Waals surface area contributed by atoms with Gasteiger partial charge in [0.15, 0.2) is 0 Å². The Kier molecular flexibility index (Phi) is 2.29. The van der Waals surface area contributed by atoms with Gasteiger partial charge in [0.25, 0.3) is 0 Å². The molecular formula is C10H12FNO. The number of aliphatic hydroxyl groups excluding tert-OH is 1. The minimum atomic E-state index is -0.219. The SMILES string of the molecule is OCc1ccc(C2CCN2)c(F)c1.